The van der Waals surface area contributed by atoms with Crippen LogP contribution in [-0.4, -0.2) is 14.9 Å². The highest BCUT2D eigenvalue weighted by molar-refractivity contribution is 5.80. The highest BCUT2D eigenvalue weighted by Crippen LogP contribution is 2.28. The minimum atomic E-state index is -0.795. The van der Waals surface area contributed by atoms with Crippen LogP contribution in [0.4, 0.5) is 10.1 Å². The molecular formula is C13H8FN3O3. The summed E-state index contributed by atoms with van der Waals surface area (Å²) in [6.45, 7) is 0. The molecule has 3 rings (SSSR count). The standard InChI is InChI=1S/C13H8FN3O3/c14-10-6-9(17(18)19)1-2-12(10)20-13-5-8-3-4-15-7-11(8)16-13/h1-7,16H. The summed E-state index contributed by atoms with van der Waals surface area (Å²) in [5.41, 5.74) is 0.431. The second-order valence-corrected chi connectivity index (χ2v) is 4.07. The number of pyridine rings is 1. The monoisotopic (exact) mass is 273 g/mol. The summed E-state index contributed by atoms with van der Waals surface area (Å²) >= 11 is 0. The van der Waals surface area contributed by atoms with Crippen molar-refractivity contribution in [3.05, 3.63) is 58.7 Å². The van der Waals surface area contributed by atoms with Gasteiger partial charge in [-0.15, -0.1) is 0 Å². The number of nitro groups is 1. The van der Waals surface area contributed by atoms with Crippen molar-refractivity contribution in [1.29, 1.82) is 0 Å². The van der Waals surface area contributed by atoms with Crippen LogP contribution in [0.25, 0.3) is 10.9 Å². The molecule has 3 aromatic rings. The molecule has 0 radical (unpaired) electrons. The maximum atomic E-state index is 13.7. The average molecular weight is 273 g/mol. The van der Waals surface area contributed by atoms with Crippen molar-refractivity contribution in [2.45, 2.75) is 0 Å². The summed E-state index contributed by atoms with van der Waals surface area (Å²) in [6, 6.07) is 6.70. The Bertz CT molecular complexity index is 767. The van der Waals surface area contributed by atoms with Gasteiger partial charge in [0.15, 0.2) is 17.4 Å². The molecular weight excluding hydrogens is 265 g/mol. The van der Waals surface area contributed by atoms with Crippen molar-refractivity contribution in [3.8, 4) is 11.6 Å². The van der Waals surface area contributed by atoms with Crippen molar-refractivity contribution < 1.29 is 14.1 Å². The summed E-state index contributed by atoms with van der Waals surface area (Å²) in [7, 11) is 0. The molecule has 0 amide bonds. The normalized spacial score (nSPS) is 10.7. The molecule has 7 heteroatoms. The zero-order valence-corrected chi connectivity index (χ0v) is 10.0. The third-order valence-corrected chi connectivity index (χ3v) is 2.75. The lowest BCUT2D eigenvalue weighted by atomic mass is 10.3. The number of hydrogen-bond donors (Lipinski definition) is 1. The highest BCUT2D eigenvalue weighted by Gasteiger charge is 2.13. The molecule has 100 valence electrons. The number of halogens is 1. The van der Waals surface area contributed by atoms with Crippen LogP contribution >= 0.6 is 0 Å². The number of nitro benzene ring substituents is 1. The van der Waals surface area contributed by atoms with E-state index >= 15 is 0 Å². The quantitative estimate of drug-likeness (QED) is 0.585. The Labute approximate surface area is 112 Å². The Morgan fingerprint density at radius 3 is 2.85 bits per heavy atom. The molecule has 0 saturated carbocycles. The number of hydrogen-bond acceptors (Lipinski definition) is 4. The Kier molecular flexibility index (Phi) is 2.79. The van der Waals surface area contributed by atoms with Crippen molar-refractivity contribution >= 4 is 16.6 Å². The molecule has 0 atom stereocenters. The topological polar surface area (TPSA) is 81.1 Å². The van der Waals surface area contributed by atoms with E-state index in [0.29, 0.717) is 5.88 Å². The van der Waals surface area contributed by atoms with E-state index in [1.165, 1.54) is 12.1 Å². The molecule has 0 bridgehead atoms. The summed E-state index contributed by atoms with van der Waals surface area (Å²) in [4.78, 5) is 16.7. The highest BCUT2D eigenvalue weighted by atomic mass is 19.1. The lowest BCUT2D eigenvalue weighted by Crippen LogP contribution is -1.92. The summed E-state index contributed by atoms with van der Waals surface area (Å²) in [6.07, 6.45) is 3.25. The van der Waals surface area contributed by atoms with Crippen molar-refractivity contribution in [1.82, 2.24) is 9.97 Å². The number of aromatic amines is 1. The molecule has 1 N–H and O–H groups in total. The first-order chi connectivity index (χ1) is 9.63. The molecule has 0 aliphatic heterocycles. The predicted molar refractivity (Wildman–Crippen MR) is 69.2 cm³/mol. The van der Waals surface area contributed by atoms with Gasteiger partial charge in [0, 0.05) is 23.7 Å². The van der Waals surface area contributed by atoms with E-state index in [4.69, 9.17) is 4.74 Å². The zero-order valence-electron chi connectivity index (χ0n) is 10.0. The third-order valence-electron chi connectivity index (χ3n) is 2.75. The number of nitrogens with zero attached hydrogens (tertiary/aromatic N) is 2. The molecule has 20 heavy (non-hydrogen) atoms. The maximum absolute atomic E-state index is 13.7. The van der Waals surface area contributed by atoms with Crippen LogP contribution in [0.15, 0.2) is 42.7 Å². The van der Waals surface area contributed by atoms with Gasteiger partial charge in [0.05, 0.1) is 22.7 Å². The van der Waals surface area contributed by atoms with Crippen LogP contribution in [0.3, 0.4) is 0 Å². The Morgan fingerprint density at radius 1 is 1.30 bits per heavy atom. The molecule has 0 fully saturated rings. The van der Waals surface area contributed by atoms with E-state index < -0.39 is 10.7 Å². The number of non-ortho nitro benzene ring substituents is 1. The number of nitrogens with one attached hydrogen (secondary N) is 1. The fourth-order valence-corrected chi connectivity index (χ4v) is 1.81. The molecule has 0 unspecified atom stereocenters. The number of ether oxygens (including phenoxy) is 1. The minimum absolute atomic E-state index is 0.0879. The van der Waals surface area contributed by atoms with E-state index in [1.807, 2.05) is 0 Å². The summed E-state index contributed by atoms with van der Waals surface area (Å²) < 4.78 is 19.0. The van der Waals surface area contributed by atoms with Gasteiger partial charge in [-0.1, -0.05) is 0 Å². The maximum Gasteiger partial charge on any atom is 0.272 e. The van der Waals surface area contributed by atoms with Gasteiger partial charge >= 0.3 is 0 Å². The Hall–Kier alpha value is -2.96. The summed E-state index contributed by atoms with van der Waals surface area (Å²) in [5.74, 6) is -0.549. The minimum Gasteiger partial charge on any atom is -0.438 e. The largest absolute Gasteiger partial charge is 0.438 e. The fourth-order valence-electron chi connectivity index (χ4n) is 1.81. The van der Waals surface area contributed by atoms with E-state index in [2.05, 4.69) is 9.97 Å². The van der Waals surface area contributed by atoms with Gasteiger partial charge in [-0.2, -0.15) is 0 Å². The van der Waals surface area contributed by atoms with Gasteiger partial charge in [-0.25, -0.2) is 4.39 Å². The molecule has 0 aliphatic rings. The van der Waals surface area contributed by atoms with Gasteiger partial charge in [0.1, 0.15) is 0 Å². The van der Waals surface area contributed by atoms with Gasteiger partial charge < -0.3 is 9.72 Å². The molecule has 0 aliphatic carbocycles. The van der Waals surface area contributed by atoms with Crippen LogP contribution in [0.5, 0.6) is 11.6 Å². The molecule has 1 aromatic carbocycles. The first kappa shape index (κ1) is 12.1. The Morgan fingerprint density at radius 2 is 2.15 bits per heavy atom. The molecule has 0 spiro atoms. The predicted octanol–water partition coefficient (Wildman–Crippen LogP) is 3.40. The van der Waals surface area contributed by atoms with Crippen LogP contribution in [-0.2, 0) is 0 Å². The molecule has 2 heterocycles. The number of aromatic nitrogens is 2. The van der Waals surface area contributed by atoms with E-state index in [-0.39, 0.29) is 11.4 Å². The molecule has 2 aromatic heterocycles. The first-order valence-electron chi connectivity index (χ1n) is 5.68. The van der Waals surface area contributed by atoms with Gasteiger partial charge in [-0.05, 0) is 12.1 Å². The smallest absolute Gasteiger partial charge is 0.272 e. The van der Waals surface area contributed by atoms with Crippen LogP contribution in [0, 0.1) is 15.9 Å². The summed E-state index contributed by atoms with van der Waals surface area (Å²) in [5, 5.41) is 11.4. The second kappa shape index (κ2) is 4.61. The van der Waals surface area contributed by atoms with Crippen molar-refractivity contribution in [2.75, 3.05) is 0 Å². The van der Waals surface area contributed by atoms with Gasteiger partial charge in [0.2, 0.25) is 0 Å². The average Bonchev–Trinajstić information content (AvgIpc) is 2.83. The zero-order chi connectivity index (χ0) is 14.1. The SMILES string of the molecule is O=[N+]([O-])c1ccc(Oc2cc3ccncc3[nH]2)c(F)c1. The van der Waals surface area contributed by atoms with Crippen LogP contribution in [0.1, 0.15) is 0 Å². The molecule has 0 saturated heterocycles. The van der Waals surface area contributed by atoms with Crippen molar-refractivity contribution in [2.24, 2.45) is 0 Å². The number of fused-ring (bicyclic) bond motifs is 1. The number of H-pyrrole nitrogens is 1. The first-order valence-corrected chi connectivity index (χ1v) is 5.68. The van der Waals surface area contributed by atoms with Crippen LogP contribution < -0.4 is 4.74 Å². The third kappa shape index (κ3) is 2.16. The van der Waals surface area contributed by atoms with Crippen LogP contribution in [0.2, 0.25) is 0 Å². The van der Waals surface area contributed by atoms with E-state index in [9.17, 15) is 14.5 Å². The van der Waals surface area contributed by atoms with E-state index in [1.54, 1.807) is 24.5 Å². The van der Waals surface area contributed by atoms with Crippen molar-refractivity contribution in [3.63, 3.8) is 0 Å². The van der Waals surface area contributed by atoms with Gasteiger partial charge in [0.25, 0.3) is 5.69 Å². The lowest BCUT2D eigenvalue weighted by Gasteiger charge is -2.03. The fraction of sp³-hybridized carbons (Fsp3) is 0. The van der Waals surface area contributed by atoms with E-state index in [0.717, 1.165) is 17.0 Å². The Balaban J connectivity index is 1.92. The van der Waals surface area contributed by atoms with Gasteiger partial charge in [-0.3, -0.25) is 15.1 Å². The number of benzene rings is 1. The second-order valence-electron chi connectivity index (χ2n) is 4.07. The lowest BCUT2D eigenvalue weighted by molar-refractivity contribution is -0.385. The number of rotatable bonds is 3. The molecule has 6 nitrogen and oxygen atoms in total.